The Bertz CT molecular complexity index is 957. The van der Waals surface area contributed by atoms with Gasteiger partial charge in [0.15, 0.2) is 0 Å². The molecule has 0 atom stereocenters. The summed E-state index contributed by atoms with van der Waals surface area (Å²) in [6.45, 7) is -0.00275. The van der Waals surface area contributed by atoms with Gasteiger partial charge in [0.2, 0.25) is 11.8 Å². The average Bonchev–Trinajstić information content (AvgIpc) is 3.17. The number of carbonyl (C=O) groups excluding carboxylic acids is 2. The van der Waals surface area contributed by atoms with Gasteiger partial charge in [0.25, 0.3) is 0 Å². The van der Waals surface area contributed by atoms with Gasteiger partial charge in [0, 0.05) is 22.9 Å². The maximum atomic E-state index is 12.5. The fraction of sp³-hybridized carbons (Fsp3) is 0.190. The molecule has 2 aromatic carbocycles. The summed E-state index contributed by atoms with van der Waals surface area (Å²) < 4.78 is 0. The lowest BCUT2D eigenvalue weighted by Crippen LogP contribution is -2.35. The smallest absolute Gasteiger partial charge is 0.244 e. The van der Waals surface area contributed by atoms with Crippen molar-refractivity contribution in [1.82, 2.24) is 9.88 Å². The second-order valence-electron chi connectivity index (χ2n) is 6.19. The molecule has 0 fully saturated rings. The number of rotatable bonds is 7. The predicted octanol–water partition coefficient (Wildman–Crippen LogP) is 4.17. The predicted molar refractivity (Wildman–Crippen MR) is 116 cm³/mol. The Morgan fingerprint density at radius 2 is 1.82 bits per heavy atom. The van der Waals surface area contributed by atoms with Crippen LogP contribution in [0.1, 0.15) is 5.69 Å². The molecule has 1 heterocycles. The van der Waals surface area contributed by atoms with Crippen LogP contribution in [-0.2, 0) is 16.0 Å². The largest absolute Gasteiger partial charge is 0.336 e. The van der Waals surface area contributed by atoms with E-state index in [1.807, 2.05) is 66.2 Å². The van der Waals surface area contributed by atoms with Gasteiger partial charge in [-0.2, -0.15) is 0 Å². The number of amides is 2. The summed E-state index contributed by atoms with van der Waals surface area (Å²) >= 11 is 3.08. The van der Waals surface area contributed by atoms with Crippen molar-refractivity contribution in [2.75, 3.05) is 25.2 Å². The summed E-state index contributed by atoms with van der Waals surface area (Å²) in [5, 5.41) is 5.65. The Kier molecular flexibility index (Phi) is 6.84. The van der Waals surface area contributed by atoms with Crippen molar-refractivity contribution < 1.29 is 9.59 Å². The van der Waals surface area contributed by atoms with Gasteiger partial charge in [0.1, 0.15) is 5.01 Å². The Balaban J connectivity index is 1.56. The monoisotopic (exact) mass is 411 g/mol. The number of thioether (sulfide) groups is 1. The van der Waals surface area contributed by atoms with Crippen LogP contribution in [-0.4, -0.2) is 41.5 Å². The van der Waals surface area contributed by atoms with E-state index in [2.05, 4.69) is 10.3 Å². The third-order valence-corrected chi connectivity index (χ3v) is 5.83. The third kappa shape index (κ3) is 5.21. The second kappa shape index (κ2) is 9.52. The molecule has 3 aromatic rings. The van der Waals surface area contributed by atoms with E-state index in [9.17, 15) is 9.59 Å². The Labute approximate surface area is 172 Å². The highest BCUT2D eigenvalue weighted by Gasteiger charge is 2.16. The van der Waals surface area contributed by atoms with Crippen LogP contribution in [0.3, 0.4) is 0 Å². The van der Waals surface area contributed by atoms with Crippen LogP contribution in [0.2, 0.25) is 0 Å². The first-order valence-corrected chi connectivity index (χ1v) is 10.8. The van der Waals surface area contributed by atoms with Crippen molar-refractivity contribution in [2.24, 2.45) is 0 Å². The lowest BCUT2D eigenvalue weighted by Gasteiger charge is -2.17. The highest BCUT2D eigenvalue weighted by Crippen LogP contribution is 2.25. The van der Waals surface area contributed by atoms with E-state index >= 15 is 0 Å². The maximum absolute atomic E-state index is 12.5. The van der Waals surface area contributed by atoms with Crippen LogP contribution in [0.5, 0.6) is 0 Å². The third-order valence-electron chi connectivity index (χ3n) is 4.09. The van der Waals surface area contributed by atoms with Crippen LogP contribution in [0, 0.1) is 0 Å². The van der Waals surface area contributed by atoms with Gasteiger partial charge in [-0.1, -0.05) is 42.5 Å². The van der Waals surface area contributed by atoms with Crippen LogP contribution in [0.4, 0.5) is 5.69 Å². The van der Waals surface area contributed by atoms with Gasteiger partial charge >= 0.3 is 0 Å². The molecule has 0 unspecified atom stereocenters. The molecule has 0 aliphatic carbocycles. The number of aromatic nitrogens is 1. The van der Waals surface area contributed by atoms with E-state index in [4.69, 9.17) is 0 Å². The number of para-hydroxylation sites is 1. The molecule has 0 bridgehead atoms. The first kappa shape index (κ1) is 20.1. The number of anilines is 1. The molecule has 0 aliphatic heterocycles. The fourth-order valence-electron chi connectivity index (χ4n) is 2.63. The molecule has 0 aliphatic rings. The number of benzene rings is 2. The van der Waals surface area contributed by atoms with Crippen molar-refractivity contribution in [3.63, 3.8) is 0 Å². The normalized spacial score (nSPS) is 10.5. The molecule has 0 radical (unpaired) electrons. The van der Waals surface area contributed by atoms with Crippen LogP contribution < -0.4 is 5.32 Å². The van der Waals surface area contributed by atoms with Crippen molar-refractivity contribution in [3.05, 3.63) is 65.7 Å². The average molecular weight is 412 g/mol. The Morgan fingerprint density at radius 3 is 2.57 bits per heavy atom. The van der Waals surface area contributed by atoms with E-state index in [0.717, 1.165) is 21.2 Å². The SMILES string of the molecule is CSc1ccccc1NC(=O)CN(C)C(=O)Cc1csc(-c2ccccc2)n1. The molecule has 3 rings (SSSR count). The number of nitrogens with zero attached hydrogens (tertiary/aromatic N) is 2. The molecule has 0 saturated heterocycles. The van der Waals surface area contributed by atoms with Crippen molar-refractivity contribution in [2.45, 2.75) is 11.3 Å². The summed E-state index contributed by atoms with van der Waals surface area (Å²) in [6.07, 6.45) is 2.13. The molecule has 1 N–H and O–H groups in total. The number of thiazole rings is 1. The lowest BCUT2D eigenvalue weighted by molar-refractivity contribution is -0.132. The Hall–Kier alpha value is -2.64. The molecule has 2 amide bonds. The molecule has 0 saturated carbocycles. The minimum atomic E-state index is -0.222. The summed E-state index contributed by atoms with van der Waals surface area (Å²) in [7, 11) is 1.63. The highest BCUT2D eigenvalue weighted by molar-refractivity contribution is 7.98. The van der Waals surface area contributed by atoms with E-state index < -0.39 is 0 Å². The number of hydrogen-bond donors (Lipinski definition) is 1. The first-order valence-electron chi connectivity index (χ1n) is 8.73. The van der Waals surface area contributed by atoms with Crippen molar-refractivity contribution >= 4 is 40.6 Å². The zero-order chi connectivity index (χ0) is 19.9. The molecule has 28 heavy (non-hydrogen) atoms. The van der Waals surface area contributed by atoms with Gasteiger partial charge in [-0.15, -0.1) is 23.1 Å². The standard InChI is InChI=1S/C21H21N3O2S2/c1-24(13-19(25)23-17-10-6-7-11-18(17)27-2)20(26)12-16-14-28-21(22-16)15-8-4-3-5-9-15/h3-11,14H,12-13H2,1-2H3,(H,23,25). The van der Waals surface area contributed by atoms with E-state index in [1.54, 1.807) is 18.8 Å². The van der Waals surface area contributed by atoms with E-state index in [-0.39, 0.29) is 24.8 Å². The zero-order valence-electron chi connectivity index (χ0n) is 15.7. The molecular formula is C21H21N3O2S2. The topological polar surface area (TPSA) is 62.3 Å². The van der Waals surface area contributed by atoms with Crippen LogP contribution in [0.15, 0.2) is 64.9 Å². The highest BCUT2D eigenvalue weighted by atomic mass is 32.2. The maximum Gasteiger partial charge on any atom is 0.244 e. The van der Waals surface area contributed by atoms with Crippen LogP contribution in [0.25, 0.3) is 10.6 Å². The van der Waals surface area contributed by atoms with Gasteiger partial charge in [-0.05, 0) is 18.4 Å². The number of carbonyl (C=O) groups is 2. The molecular weight excluding hydrogens is 390 g/mol. The minimum absolute atomic E-state index is 0.00275. The summed E-state index contributed by atoms with van der Waals surface area (Å²) in [5.74, 6) is -0.362. The van der Waals surface area contributed by atoms with Gasteiger partial charge in [-0.25, -0.2) is 4.98 Å². The van der Waals surface area contributed by atoms with Crippen LogP contribution >= 0.6 is 23.1 Å². The lowest BCUT2D eigenvalue weighted by atomic mass is 10.2. The molecule has 5 nitrogen and oxygen atoms in total. The summed E-state index contributed by atoms with van der Waals surface area (Å²) in [6, 6.07) is 17.5. The minimum Gasteiger partial charge on any atom is -0.336 e. The quantitative estimate of drug-likeness (QED) is 0.593. The second-order valence-corrected chi connectivity index (χ2v) is 7.89. The van der Waals surface area contributed by atoms with Gasteiger partial charge in [0.05, 0.1) is 24.3 Å². The zero-order valence-corrected chi connectivity index (χ0v) is 17.3. The Morgan fingerprint density at radius 1 is 1.11 bits per heavy atom. The number of nitrogens with one attached hydrogen (secondary N) is 1. The van der Waals surface area contributed by atoms with E-state index in [0.29, 0.717) is 5.69 Å². The first-order chi connectivity index (χ1) is 13.6. The molecule has 1 aromatic heterocycles. The van der Waals surface area contributed by atoms with E-state index in [1.165, 1.54) is 16.2 Å². The van der Waals surface area contributed by atoms with Gasteiger partial charge in [-0.3, -0.25) is 9.59 Å². The number of likely N-dealkylation sites (N-methyl/N-ethyl adjacent to an activating group) is 1. The molecule has 144 valence electrons. The summed E-state index contributed by atoms with van der Waals surface area (Å²) in [4.78, 5) is 31.7. The van der Waals surface area contributed by atoms with Gasteiger partial charge < -0.3 is 10.2 Å². The molecule has 7 heteroatoms. The van der Waals surface area contributed by atoms with Crippen molar-refractivity contribution in [3.8, 4) is 10.6 Å². The number of hydrogen-bond acceptors (Lipinski definition) is 5. The molecule has 0 spiro atoms. The summed E-state index contributed by atoms with van der Waals surface area (Å²) in [5.41, 5.74) is 2.51. The van der Waals surface area contributed by atoms with Crippen molar-refractivity contribution in [1.29, 1.82) is 0 Å². The fourth-order valence-corrected chi connectivity index (χ4v) is 4.01.